The molecule has 0 unspecified atom stereocenters. The number of ether oxygens (including phenoxy) is 1. The van der Waals surface area contributed by atoms with Crippen molar-refractivity contribution in [3.05, 3.63) is 106 Å². The summed E-state index contributed by atoms with van der Waals surface area (Å²) in [7, 11) is -3.72. The summed E-state index contributed by atoms with van der Waals surface area (Å²) < 4.78 is 32.1. The zero-order chi connectivity index (χ0) is 24.0. The third-order valence-electron chi connectivity index (χ3n) is 5.10. The minimum absolute atomic E-state index is 0.211. The van der Waals surface area contributed by atoms with Gasteiger partial charge in [-0.2, -0.15) is 0 Å². The standard InChI is InChI=1S/C26H25NO5S/c1-18-15-20(3)24(16-19(18)2)25(28)17-32-26(29)22-9-11-23(12-10-22)27-33(30,31)14-13-21-7-5-4-6-8-21/h4-16,27H,17H2,1-3H3. The van der Waals surface area contributed by atoms with Gasteiger partial charge in [0.1, 0.15) is 0 Å². The van der Waals surface area contributed by atoms with Crippen LogP contribution in [0.1, 0.15) is 43.0 Å². The van der Waals surface area contributed by atoms with E-state index in [0.29, 0.717) is 11.3 Å². The summed E-state index contributed by atoms with van der Waals surface area (Å²) in [4.78, 5) is 24.8. The molecule has 0 saturated heterocycles. The van der Waals surface area contributed by atoms with Crippen LogP contribution < -0.4 is 4.72 Å². The highest BCUT2D eigenvalue weighted by Gasteiger charge is 2.15. The Morgan fingerprint density at radius 2 is 1.52 bits per heavy atom. The van der Waals surface area contributed by atoms with Gasteiger partial charge in [0.2, 0.25) is 5.78 Å². The predicted molar refractivity (Wildman–Crippen MR) is 130 cm³/mol. The van der Waals surface area contributed by atoms with Crippen LogP contribution in [0.2, 0.25) is 0 Å². The molecule has 0 aliphatic heterocycles. The maximum atomic E-state index is 12.5. The molecule has 0 aromatic heterocycles. The Bertz CT molecular complexity index is 1290. The van der Waals surface area contributed by atoms with Crippen LogP contribution in [0, 0.1) is 20.8 Å². The lowest BCUT2D eigenvalue weighted by Crippen LogP contribution is -2.15. The molecular weight excluding hydrogens is 438 g/mol. The van der Waals surface area contributed by atoms with Gasteiger partial charge in [-0.3, -0.25) is 9.52 Å². The van der Waals surface area contributed by atoms with Crippen molar-refractivity contribution >= 4 is 33.5 Å². The van der Waals surface area contributed by atoms with Crippen molar-refractivity contribution in [1.82, 2.24) is 0 Å². The Balaban J connectivity index is 1.59. The molecule has 3 rings (SSSR count). The van der Waals surface area contributed by atoms with Gasteiger partial charge in [-0.1, -0.05) is 36.4 Å². The van der Waals surface area contributed by atoms with E-state index in [1.165, 1.54) is 30.3 Å². The van der Waals surface area contributed by atoms with Crippen molar-refractivity contribution < 1.29 is 22.7 Å². The number of ketones is 1. The Morgan fingerprint density at radius 3 is 2.18 bits per heavy atom. The highest BCUT2D eigenvalue weighted by Crippen LogP contribution is 2.17. The third-order valence-corrected chi connectivity index (χ3v) is 6.11. The van der Waals surface area contributed by atoms with Crippen LogP contribution in [0.25, 0.3) is 6.08 Å². The second kappa shape index (κ2) is 10.3. The lowest BCUT2D eigenvalue weighted by atomic mass is 9.98. The number of benzene rings is 3. The molecule has 6 nitrogen and oxygen atoms in total. The van der Waals surface area contributed by atoms with Gasteiger partial charge in [-0.25, -0.2) is 13.2 Å². The Morgan fingerprint density at radius 1 is 0.879 bits per heavy atom. The van der Waals surface area contributed by atoms with E-state index in [1.54, 1.807) is 18.2 Å². The van der Waals surface area contributed by atoms with Crippen LogP contribution in [0.4, 0.5) is 5.69 Å². The summed E-state index contributed by atoms with van der Waals surface area (Å²) in [6.45, 7) is 5.36. The van der Waals surface area contributed by atoms with Gasteiger partial charge < -0.3 is 4.74 Å². The van der Waals surface area contributed by atoms with Gasteiger partial charge in [0.25, 0.3) is 10.0 Å². The Labute approximate surface area is 194 Å². The molecule has 0 atom stereocenters. The summed E-state index contributed by atoms with van der Waals surface area (Å²) in [6, 6.07) is 18.6. The van der Waals surface area contributed by atoms with Gasteiger partial charge in [0.15, 0.2) is 6.61 Å². The first-order valence-corrected chi connectivity index (χ1v) is 11.8. The molecule has 0 bridgehead atoms. The molecule has 0 spiro atoms. The first-order valence-electron chi connectivity index (χ1n) is 10.3. The molecule has 3 aromatic carbocycles. The monoisotopic (exact) mass is 463 g/mol. The zero-order valence-electron chi connectivity index (χ0n) is 18.7. The molecule has 0 aliphatic carbocycles. The summed E-state index contributed by atoms with van der Waals surface area (Å²) >= 11 is 0. The molecule has 1 N–H and O–H groups in total. The van der Waals surface area contributed by atoms with Crippen LogP contribution in [-0.2, 0) is 14.8 Å². The van der Waals surface area contributed by atoms with Gasteiger partial charge in [-0.05, 0) is 79.4 Å². The molecule has 0 heterocycles. The second-order valence-electron chi connectivity index (χ2n) is 7.69. The first-order chi connectivity index (χ1) is 15.6. The quantitative estimate of drug-likeness (QED) is 0.372. The van der Waals surface area contributed by atoms with Crippen LogP contribution >= 0.6 is 0 Å². The van der Waals surface area contributed by atoms with Crippen molar-refractivity contribution in [3.8, 4) is 0 Å². The highest BCUT2D eigenvalue weighted by molar-refractivity contribution is 7.95. The second-order valence-corrected chi connectivity index (χ2v) is 9.25. The fourth-order valence-corrected chi connectivity index (χ4v) is 4.03. The van der Waals surface area contributed by atoms with Crippen molar-refractivity contribution in [2.45, 2.75) is 20.8 Å². The number of carbonyl (C=O) groups is 2. The molecule has 7 heteroatoms. The topological polar surface area (TPSA) is 89.5 Å². The minimum atomic E-state index is -3.72. The van der Waals surface area contributed by atoms with Gasteiger partial charge in [-0.15, -0.1) is 0 Å². The number of aryl methyl sites for hydroxylation is 3. The van der Waals surface area contributed by atoms with Gasteiger partial charge >= 0.3 is 5.97 Å². The third kappa shape index (κ3) is 6.63. The van der Waals surface area contributed by atoms with E-state index in [-0.39, 0.29) is 18.0 Å². The maximum absolute atomic E-state index is 12.5. The lowest BCUT2D eigenvalue weighted by molar-refractivity contribution is 0.0474. The number of rotatable bonds is 8. The molecule has 0 fully saturated rings. The SMILES string of the molecule is Cc1cc(C)c(C(=O)COC(=O)c2ccc(NS(=O)(=O)C=Cc3ccccc3)cc2)cc1C. The van der Waals surface area contributed by atoms with E-state index in [1.807, 2.05) is 45.0 Å². The smallest absolute Gasteiger partial charge is 0.338 e. The molecule has 0 radical (unpaired) electrons. The zero-order valence-corrected chi connectivity index (χ0v) is 19.5. The molecule has 3 aromatic rings. The lowest BCUT2D eigenvalue weighted by Gasteiger charge is -2.10. The van der Waals surface area contributed by atoms with E-state index < -0.39 is 16.0 Å². The summed E-state index contributed by atoms with van der Waals surface area (Å²) in [5.41, 5.74) is 4.70. The molecule has 170 valence electrons. The summed E-state index contributed by atoms with van der Waals surface area (Å²) in [6.07, 6.45) is 1.49. The minimum Gasteiger partial charge on any atom is -0.454 e. The average Bonchev–Trinajstić information content (AvgIpc) is 2.79. The Kier molecular flexibility index (Phi) is 7.45. The van der Waals surface area contributed by atoms with Gasteiger partial charge in [0, 0.05) is 11.3 Å². The molecule has 0 amide bonds. The summed E-state index contributed by atoms with van der Waals surface area (Å²) in [5, 5.41) is 1.07. The van der Waals surface area contributed by atoms with Crippen molar-refractivity contribution in [3.63, 3.8) is 0 Å². The molecule has 0 saturated carbocycles. The van der Waals surface area contributed by atoms with Crippen molar-refractivity contribution in [2.75, 3.05) is 11.3 Å². The highest BCUT2D eigenvalue weighted by atomic mass is 32.2. The number of sulfonamides is 1. The average molecular weight is 464 g/mol. The van der Waals surface area contributed by atoms with Gasteiger partial charge in [0.05, 0.1) is 11.0 Å². The number of hydrogen-bond donors (Lipinski definition) is 1. The maximum Gasteiger partial charge on any atom is 0.338 e. The largest absolute Gasteiger partial charge is 0.454 e. The van der Waals surface area contributed by atoms with Crippen LogP contribution in [0.5, 0.6) is 0 Å². The van der Waals surface area contributed by atoms with Crippen LogP contribution in [-0.4, -0.2) is 26.8 Å². The van der Waals surface area contributed by atoms with Crippen LogP contribution in [0.15, 0.2) is 72.1 Å². The number of esters is 1. The Hall–Kier alpha value is -3.71. The predicted octanol–water partition coefficient (Wildman–Crippen LogP) is 5.06. The molecule has 33 heavy (non-hydrogen) atoms. The number of hydrogen-bond acceptors (Lipinski definition) is 5. The number of nitrogens with one attached hydrogen (secondary N) is 1. The fraction of sp³-hybridized carbons (Fsp3) is 0.154. The first kappa shape index (κ1) is 23.9. The van der Waals surface area contributed by atoms with E-state index in [4.69, 9.17) is 4.74 Å². The molecular formula is C26H25NO5S. The van der Waals surface area contributed by atoms with Crippen molar-refractivity contribution in [2.24, 2.45) is 0 Å². The normalized spacial score (nSPS) is 11.4. The summed E-state index contributed by atoms with van der Waals surface area (Å²) in [5.74, 6) is -0.943. The fourth-order valence-electron chi connectivity index (χ4n) is 3.16. The van der Waals surface area contributed by atoms with E-state index >= 15 is 0 Å². The van der Waals surface area contributed by atoms with Crippen molar-refractivity contribution in [1.29, 1.82) is 0 Å². The number of carbonyl (C=O) groups excluding carboxylic acids is 2. The van der Waals surface area contributed by atoms with E-state index in [9.17, 15) is 18.0 Å². The number of anilines is 1. The van der Waals surface area contributed by atoms with Crippen LogP contribution in [0.3, 0.4) is 0 Å². The van der Waals surface area contributed by atoms with E-state index in [0.717, 1.165) is 27.7 Å². The number of Topliss-reactive ketones (excluding diaryl/α,β-unsaturated/α-hetero) is 1. The van der Waals surface area contributed by atoms with E-state index in [2.05, 4.69) is 4.72 Å². The molecule has 0 aliphatic rings.